The minimum absolute atomic E-state index is 0.0909. The molecule has 0 aliphatic heterocycles. The third-order valence-corrected chi connectivity index (χ3v) is 4.30. The summed E-state index contributed by atoms with van der Waals surface area (Å²) in [5.74, 6) is -0.896. The molecule has 1 aromatic carbocycles. The Balaban J connectivity index is 2.42. The van der Waals surface area contributed by atoms with Gasteiger partial charge in [0.05, 0.1) is 4.90 Å². The Morgan fingerprint density at radius 3 is 2.48 bits per heavy atom. The largest absolute Gasteiger partial charge is 0.361 e. The topological polar surface area (TPSA) is 69.7 Å². The molecular formula is C14H19ClO5S. The van der Waals surface area contributed by atoms with E-state index in [4.69, 9.17) is 11.6 Å². The quantitative estimate of drug-likeness (QED) is 0.299. The minimum Gasteiger partial charge on any atom is -0.280 e. The van der Waals surface area contributed by atoms with Gasteiger partial charge in [-0.3, -0.25) is 4.89 Å². The Bertz CT molecular complexity index is 530. The molecule has 21 heavy (non-hydrogen) atoms. The van der Waals surface area contributed by atoms with Crippen molar-refractivity contribution in [3.63, 3.8) is 0 Å². The number of hydrogen-bond donors (Lipinski definition) is 0. The van der Waals surface area contributed by atoms with Gasteiger partial charge >= 0.3 is 16.1 Å². The fourth-order valence-corrected chi connectivity index (χ4v) is 2.54. The number of halogens is 1. The predicted molar refractivity (Wildman–Crippen MR) is 79.2 cm³/mol. The van der Waals surface area contributed by atoms with Crippen LogP contribution in [0, 0.1) is 0 Å². The van der Waals surface area contributed by atoms with Gasteiger partial charge in [0.1, 0.15) is 5.38 Å². The molecule has 0 N–H and O–H groups in total. The molecule has 1 aromatic rings. The first-order chi connectivity index (χ1) is 9.97. The van der Waals surface area contributed by atoms with Gasteiger partial charge < -0.3 is 0 Å². The number of rotatable bonds is 9. The molecule has 0 saturated heterocycles. The van der Waals surface area contributed by atoms with Crippen molar-refractivity contribution in [1.82, 2.24) is 0 Å². The fraction of sp³-hybridized carbons (Fsp3) is 0.500. The first kappa shape index (κ1) is 17.9. The molecule has 0 aliphatic carbocycles. The molecule has 0 radical (unpaired) electrons. The van der Waals surface area contributed by atoms with Gasteiger partial charge in [-0.25, -0.2) is 4.79 Å². The molecule has 0 aromatic heterocycles. The molecule has 1 unspecified atom stereocenters. The van der Waals surface area contributed by atoms with Crippen LogP contribution in [-0.4, -0.2) is 19.8 Å². The highest BCUT2D eigenvalue weighted by Crippen LogP contribution is 2.15. The lowest BCUT2D eigenvalue weighted by Gasteiger charge is -2.08. The standard InChI is InChI=1S/C14H19ClO5S/c1-2-3-4-8-11-13(15)14(16)19-20-21(17,18)12-9-6-5-7-10-12/h5-7,9-10,13H,2-4,8,11H2,1H3. The first-order valence-electron chi connectivity index (χ1n) is 6.81. The van der Waals surface area contributed by atoms with Crippen LogP contribution in [0.15, 0.2) is 35.2 Å². The van der Waals surface area contributed by atoms with Crippen molar-refractivity contribution in [3.8, 4) is 0 Å². The maximum Gasteiger partial charge on any atom is 0.361 e. The molecule has 0 aliphatic rings. The van der Waals surface area contributed by atoms with Gasteiger partial charge in [-0.05, 0) is 22.9 Å². The van der Waals surface area contributed by atoms with E-state index in [0.29, 0.717) is 6.42 Å². The van der Waals surface area contributed by atoms with Crippen molar-refractivity contribution in [2.75, 3.05) is 0 Å². The highest BCUT2D eigenvalue weighted by Gasteiger charge is 2.23. The summed E-state index contributed by atoms with van der Waals surface area (Å²) in [6, 6.07) is 7.42. The van der Waals surface area contributed by atoms with Crippen molar-refractivity contribution in [2.24, 2.45) is 0 Å². The molecule has 0 bridgehead atoms. The van der Waals surface area contributed by atoms with Crippen LogP contribution < -0.4 is 0 Å². The van der Waals surface area contributed by atoms with Gasteiger partial charge in [0, 0.05) is 0 Å². The van der Waals surface area contributed by atoms with E-state index >= 15 is 0 Å². The van der Waals surface area contributed by atoms with Gasteiger partial charge in [-0.2, -0.15) is 8.42 Å². The van der Waals surface area contributed by atoms with Gasteiger partial charge in [-0.1, -0.05) is 50.8 Å². The zero-order valence-corrected chi connectivity index (χ0v) is 13.4. The van der Waals surface area contributed by atoms with Crippen molar-refractivity contribution < 1.29 is 22.4 Å². The third-order valence-electron chi connectivity index (χ3n) is 2.80. The third kappa shape index (κ3) is 6.46. The number of carbonyl (C=O) groups excluding carboxylic acids is 1. The highest BCUT2D eigenvalue weighted by atomic mass is 35.5. The van der Waals surface area contributed by atoms with E-state index in [1.54, 1.807) is 6.07 Å². The van der Waals surface area contributed by atoms with Crippen LogP contribution in [0.1, 0.15) is 39.0 Å². The Kier molecular flexibility index (Phi) is 7.71. The van der Waals surface area contributed by atoms with Gasteiger partial charge in [0.25, 0.3) is 0 Å². The van der Waals surface area contributed by atoms with Crippen molar-refractivity contribution in [3.05, 3.63) is 30.3 Å². The van der Waals surface area contributed by atoms with Crippen LogP contribution >= 0.6 is 11.6 Å². The van der Waals surface area contributed by atoms with Crippen LogP contribution in [-0.2, 0) is 24.1 Å². The number of unbranched alkanes of at least 4 members (excludes halogenated alkanes) is 3. The minimum atomic E-state index is -4.12. The fourth-order valence-electron chi connectivity index (χ4n) is 1.63. The summed E-state index contributed by atoms with van der Waals surface area (Å²) >= 11 is 5.84. The molecule has 0 saturated carbocycles. The smallest absolute Gasteiger partial charge is 0.280 e. The van der Waals surface area contributed by atoms with Crippen LogP contribution in [0.5, 0.6) is 0 Å². The van der Waals surface area contributed by atoms with E-state index in [2.05, 4.69) is 16.1 Å². The first-order valence-corrected chi connectivity index (χ1v) is 8.66. The lowest BCUT2D eigenvalue weighted by Crippen LogP contribution is -2.20. The zero-order chi connectivity index (χ0) is 15.7. The van der Waals surface area contributed by atoms with Gasteiger partial charge in [0.2, 0.25) is 0 Å². The SMILES string of the molecule is CCCCCCC(Cl)C(=O)OOS(=O)(=O)c1ccccc1. The number of hydrogen-bond acceptors (Lipinski definition) is 5. The van der Waals surface area contributed by atoms with Crippen molar-refractivity contribution in [1.29, 1.82) is 0 Å². The molecule has 0 heterocycles. The number of benzene rings is 1. The van der Waals surface area contributed by atoms with E-state index in [9.17, 15) is 13.2 Å². The maximum atomic E-state index is 11.7. The second kappa shape index (κ2) is 9.02. The normalized spacial score (nSPS) is 12.9. The zero-order valence-electron chi connectivity index (χ0n) is 11.8. The van der Waals surface area contributed by atoms with Gasteiger partial charge in [0.15, 0.2) is 0 Å². The number of carbonyl (C=O) groups is 1. The molecule has 118 valence electrons. The molecule has 0 fully saturated rings. The van der Waals surface area contributed by atoms with Crippen molar-refractivity contribution in [2.45, 2.75) is 49.3 Å². The second-order valence-electron chi connectivity index (χ2n) is 4.55. The molecule has 0 amide bonds. The Morgan fingerprint density at radius 2 is 1.86 bits per heavy atom. The predicted octanol–water partition coefficient (Wildman–Crippen LogP) is 3.43. The van der Waals surface area contributed by atoms with E-state index in [-0.39, 0.29) is 4.90 Å². The van der Waals surface area contributed by atoms with Crippen LogP contribution in [0.25, 0.3) is 0 Å². The second-order valence-corrected chi connectivity index (χ2v) is 6.60. The highest BCUT2D eigenvalue weighted by molar-refractivity contribution is 7.86. The Labute approximate surface area is 130 Å². The van der Waals surface area contributed by atoms with E-state index in [1.165, 1.54) is 24.3 Å². The van der Waals surface area contributed by atoms with Crippen LogP contribution in [0.4, 0.5) is 0 Å². The van der Waals surface area contributed by atoms with Crippen LogP contribution in [0.3, 0.4) is 0 Å². The average molecular weight is 335 g/mol. The monoisotopic (exact) mass is 334 g/mol. The van der Waals surface area contributed by atoms with E-state index in [0.717, 1.165) is 25.7 Å². The summed E-state index contributed by atoms with van der Waals surface area (Å²) in [5.41, 5.74) is 0. The summed E-state index contributed by atoms with van der Waals surface area (Å²) in [5, 5.41) is -0.909. The molecule has 0 spiro atoms. The summed E-state index contributed by atoms with van der Waals surface area (Å²) in [4.78, 5) is 15.8. The summed E-state index contributed by atoms with van der Waals surface area (Å²) < 4.78 is 27.7. The molecule has 7 heteroatoms. The maximum absolute atomic E-state index is 11.7. The summed E-state index contributed by atoms with van der Waals surface area (Å²) in [6.07, 6.45) is 4.32. The van der Waals surface area contributed by atoms with Crippen molar-refractivity contribution >= 4 is 27.7 Å². The molecule has 1 atom stereocenters. The summed E-state index contributed by atoms with van der Waals surface area (Å²) in [7, 11) is -4.12. The summed E-state index contributed by atoms with van der Waals surface area (Å²) in [6.45, 7) is 2.08. The van der Waals surface area contributed by atoms with Crippen LogP contribution in [0.2, 0.25) is 0 Å². The van der Waals surface area contributed by atoms with Gasteiger partial charge in [-0.15, -0.1) is 11.6 Å². The molecular weight excluding hydrogens is 316 g/mol. The Hall–Kier alpha value is -1.11. The number of alkyl halides is 1. The lowest BCUT2D eigenvalue weighted by molar-refractivity contribution is -0.210. The van der Waals surface area contributed by atoms with E-state index in [1.807, 2.05) is 0 Å². The molecule has 1 rings (SSSR count). The molecule has 5 nitrogen and oxygen atoms in total. The lowest BCUT2D eigenvalue weighted by atomic mass is 10.1. The van der Waals surface area contributed by atoms with E-state index < -0.39 is 21.5 Å². The Morgan fingerprint density at radius 1 is 1.19 bits per heavy atom. The average Bonchev–Trinajstić information content (AvgIpc) is 2.50.